The van der Waals surface area contributed by atoms with Crippen molar-refractivity contribution in [2.45, 2.75) is 26.3 Å². The molecule has 0 spiro atoms. The van der Waals surface area contributed by atoms with Crippen LogP contribution < -0.4 is 15.4 Å². The molecular weight excluding hydrogens is 403 g/mol. The minimum Gasteiger partial charge on any atom is -0.496 e. The maximum Gasteiger partial charge on any atom is 0.191 e. The van der Waals surface area contributed by atoms with E-state index < -0.39 is 0 Å². The summed E-state index contributed by atoms with van der Waals surface area (Å²) in [5, 5.41) is 6.66. The van der Waals surface area contributed by atoms with Crippen LogP contribution in [-0.4, -0.2) is 51.7 Å². The summed E-state index contributed by atoms with van der Waals surface area (Å²) in [6.45, 7) is 5.94. The van der Waals surface area contributed by atoms with Crippen LogP contribution in [0.5, 0.6) is 5.75 Å². The topological polar surface area (TPSA) is 48.9 Å². The molecule has 0 radical (unpaired) electrons. The van der Waals surface area contributed by atoms with Crippen LogP contribution in [0.15, 0.2) is 29.3 Å². The number of rotatable bonds is 9. The number of para-hydroxylation sites is 1. The zero-order chi connectivity index (χ0) is 16.2. The van der Waals surface area contributed by atoms with Crippen LogP contribution >= 0.6 is 24.0 Å². The van der Waals surface area contributed by atoms with Crippen LogP contribution in [0.25, 0.3) is 0 Å². The fourth-order valence-corrected chi connectivity index (χ4v) is 2.15. The summed E-state index contributed by atoms with van der Waals surface area (Å²) in [4.78, 5) is 6.59. The predicted molar refractivity (Wildman–Crippen MR) is 109 cm³/mol. The number of guanidine groups is 1. The Morgan fingerprint density at radius 1 is 1.22 bits per heavy atom. The summed E-state index contributed by atoms with van der Waals surface area (Å²) in [7, 11) is 5.64. The van der Waals surface area contributed by atoms with E-state index in [1.165, 1.54) is 12.8 Å². The van der Waals surface area contributed by atoms with E-state index in [-0.39, 0.29) is 24.0 Å². The summed E-state index contributed by atoms with van der Waals surface area (Å²) in [5.74, 6) is 1.71. The number of likely N-dealkylation sites (N-methyl/N-ethyl adjacent to an activating group) is 1. The van der Waals surface area contributed by atoms with E-state index in [0.29, 0.717) is 6.54 Å². The molecule has 6 heteroatoms. The normalized spacial score (nSPS) is 11.1. The second-order valence-electron chi connectivity index (χ2n) is 5.32. The van der Waals surface area contributed by atoms with Gasteiger partial charge in [-0.05, 0) is 26.1 Å². The van der Waals surface area contributed by atoms with Gasteiger partial charge in [-0.2, -0.15) is 0 Å². The zero-order valence-electron chi connectivity index (χ0n) is 14.8. The summed E-state index contributed by atoms with van der Waals surface area (Å²) in [5.41, 5.74) is 1.12. The summed E-state index contributed by atoms with van der Waals surface area (Å²) in [6.07, 6.45) is 2.48. The van der Waals surface area contributed by atoms with Crippen molar-refractivity contribution in [3.05, 3.63) is 29.8 Å². The molecule has 0 bridgehead atoms. The van der Waals surface area contributed by atoms with Gasteiger partial charge in [-0.15, -0.1) is 24.0 Å². The molecule has 0 amide bonds. The van der Waals surface area contributed by atoms with Gasteiger partial charge in [-0.1, -0.05) is 31.5 Å². The molecule has 0 aromatic heterocycles. The number of unbranched alkanes of at least 4 members (excludes halogenated alkanes) is 1. The monoisotopic (exact) mass is 434 g/mol. The number of aliphatic imine (C=N–C) groups is 1. The van der Waals surface area contributed by atoms with Gasteiger partial charge in [-0.3, -0.25) is 4.99 Å². The lowest BCUT2D eigenvalue weighted by atomic mass is 10.2. The molecule has 5 nitrogen and oxygen atoms in total. The van der Waals surface area contributed by atoms with E-state index in [1.54, 1.807) is 14.2 Å². The highest BCUT2D eigenvalue weighted by Crippen LogP contribution is 2.16. The van der Waals surface area contributed by atoms with E-state index in [4.69, 9.17) is 4.74 Å². The van der Waals surface area contributed by atoms with Gasteiger partial charge in [0.1, 0.15) is 5.75 Å². The maximum absolute atomic E-state index is 5.35. The van der Waals surface area contributed by atoms with Crippen molar-refractivity contribution in [1.29, 1.82) is 0 Å². The SMILES string of the molecule is CCCCN(C)CCNC(=NC)NCc1ccccc1OC.I. The van der Waals surface area contributed by atoms with Gasteiger partial charge in [0, 0.05) is 32.2 Å². The molecular formula is C17H31IN4O. The first-order valence-electron chi connectivity index (χ1n) is 7.96. The Morgan fingerprint density at radius 2 is 1.96 bits per heavy atom. The van der Waals surface area contributed by atoms with Gasteiger partial charge in [0.25, 0.3) is 0 Å². The number of hydrogen-bond acceptors (Lipinski definition) is 3. The Morgan fingerprint density at radius 3 is 2.61 bits per heavy atom. The minimum atomic E-state index is 0. The van der Waals surface area contributed by atoms with Crippen molar-refractivity contribution in [3.63, 3.8) is 0 Å². The number of nitrogens with one attached hydrogen (secondary N) is 2. The molecule has 1 aromatic carbocycles. The first-order chi connectivity index (χ1) is 10.7. The Labute approximate surface area is 157 Å². The fraction of sp³-hybridized carbons (Fsp3) is 0.588. The number of hydrogen-bond donors (Lipinski definition) is 2. The van der Waals surface area contributed by atoms with Gasteiger partial charge in [0.05, 0.1) is 7.11 Å². The summed E-state index contributed by atoms with van der Waals surface area (Å²) < 4.78 is 5.35. The van der Waals surface area contributed by atoms with Gasteiger partial charge in [0.2, 0.25) is 0 Å². The first kappa shape index (κ1) is 22.0. The van der Waals surface area contributed by atoms with Crippen LogP contribution in [0.4, 0.5) is 0 Å². The highest BCUT2D eigenvalue weighted by molar-refractivity contribution is 14.0. The van der Waals surface area contributed by atoms with E-state index in [1.807, 2.05) is 18.2 Å². The summed E-state index contributed by atoms with van der Waals surface area (Å²) in [6, 6.07) is 8.01. The van der Waals surface area contributed by atoms with E-state index >= 15 is 0 Å². The fourth-order valence-electron chi connectivity index (χ4n) is 2.15. The van der Waals surface area contributed by atoms with Gasteiger partial charge in [-0.25, -0.2) is 0 Å². The lowest BCUT2D eigenvalue weighted by Gasteiger charge is -2.18. The van der Waals surface area contributed by atoms with Crippen LogP contribution in [-0.2, 0) is 6.54 Å². The number of halogens is 1. The van der Waals surface area contributed by atoms with Crippen molar-refractivity contribution in [2.75, 3.05) is 40.8 Å². The average Bonchev–Trinajstić information content (AvgIpc) is 2.56. The number of methoxy groups -OCH3 is 1. The van der Waals surface area contributed by atoms with Crippen molar-refractivity contribution < 1.29 is 4.74 Å². The second-order valence-corrected chi connectivity index (χ2v) is 5.32. The molecule has 0 saturated carbocycles. The molecule has 1 aromatic rings. The highest BCUT2D eigenvalue weighted by atomic mass is 127. The number of nitrogens with zero attached hydrogens (tertiary/aromatic N) is 2. The Hall–Kier alpha value is -1.02. The predicted octanol–water partition coefficient (Wildman–Crippen LogP) is 2.71. The molecule has 0 aliphatic carbocycles. The van der Waals surface area contributed by atoms with E-state index in [0.717, 1.165) is 36.9 Å². The second kappa shape index (κ2) is 13.4. The molecule has 0 aliphatic rings. The molecule has 0 fully saturated rings. The van der Waals surface area contributed by atoms with Gasteiger partial charge >= 0.3 is 0 Å². The molecule has 0 aliphatic heterocycles. The van der Waals surface area contributed by atoms with Gasteiger partial charge < -0.3 is 20.3 Å². The summed E-state index contributed by atoms with van der Waals surface area (Å²) >= 11 is 0. The van der Waals surface area contributed by atoms with Crippen LogP contribution in [0.3, 0.4) is 0 Å². The molecule has 2 N–H and O–H groups in total. The molecule has 0 heterocycles. The van der Waals surface area contributed by atoms with Crippen LogP contribution in [0, 0.1) is 0 Å². The van der Waals surface area contributed by atoms with Gasteiger partial charge in [0.15, 0.2) is 5.96 Å². The van der Waals surface area contributed by atoms with E-state index in [9.17, 15) is 0 Å². The largest absolute Gasteiger partial charge is 0.496 e. The van der Waals surface area contributed by atoms with Crippen molar-refractivity contribution >= 4 is 29.9 Å². The Kier molecular flexibility index (Phi) is 12.8. The molecule has 132 valence electrons. The van der Waals surface area contributed by atoms with Crippen LogP contribution in [0.1, 0.15) is 25.3 Å². The third-order valence-electron chi connectivity index (χ3n) is 3.54. The Bertz CT molecular complexity index is 454. The Balaban J connectivity index is 0.00000484. The lowest BCUT2D eigenvalue weighted by Crippen LogP contribution is -2.40. The van der Waals surface area contributed by atoms with Crippen molar-refractivity contribution in [3.8, 4) is 5.75 Å². The maximum atomic E-state index is 5.35. The zero-order valence-corrected chi connectivity index (χ0v) is 17.1. The third-order valence-corrected chi connectivity index (χ3v) is 3.54. The highest BCUT2D eigenvalue weighted by Gasteiger charge is 2.03. The number of benzene rings is 1. The average molecular weight is 434 g/mol. The molecule has 0 atom stereocenters. The molecule has 0 unspecified atom stereocenters. The molecule has 0 saturated heterocycles. The minimum absolute atomic E-state index is 0. The van der Waals surface area contributed by atoms with E-state index in [2.05, 4.69) is 40.6 Å². The molecule has 23 heavy (non-hydrogen) atoms. The third kappa shape index (κ3) is 9.00. The van der Waals surface area contributed by atoms with Crippen molar-refractivity contribution in [2.24, 2.45) is 4.99 Å². The molecule has 1 rings (SSSR count). The smallest absolute Gasteiger partial charge is 0.191 e. The van der Waals surface area contributed by atoms with Crippen LogP contribution in [0.2, 0.25) is 0 Å². The number of ether oxygens (including phenoxy) is 1. The van der Waals surface area contributed by atoms with Crippen molar-refractivity contribution in [1.82, 2.24) is 15.5 Å². The quantitative estimate of drug-likeness (QED) is 0.357. The first-order valence-corrected chi connectivity index (χ1v) is 7.96. The standard InChI is InChI=1S/C17H30N4O.HI/c1-5-6-12-21(3)13-11-19-17(18-2)20-14-15-9-7-8-10-16(15)22-4;/h7-10H,5-6,11-14H2,1-4H3,(H2,18,19,20);1H. The lowest BCUT2D eigenvalue weighted by molar-refractivity contribution is 0.332.